The van der Waals surface area contributed by atoms with Gasteiger partial charge in [0.25, 0.3) is 5.91 Å². The molecule has 2 aromatic carbocycles. The third-order valence-corrected chi connectivity index (χ3v) is 3.85. The van der Waals surface area contributed by atoms with Gasteiger partial charge in [-0.05, 0) is 29.8 Å². The second-order valence-electron chi connectivity index (χ2n) is 5.13. The third-order valence-electron chi connectivity index (χ3n) is 3.29. The van der Waals surface area contributed by atoms with Crippen molar-refractivity contribution in [3.05, 3.63) is 57.6 Å². The molecule has 0 heterocycles. The Balaban J connectivity index is 1.92. The molecule has 0 fully saturated rings. The van der Waals surface area contributed by atoms with Crippen LogP contribution in [0, 0.1) is 11.3 Å². The van der Waals surface area contributed by atoms with Gasteiger partial charge in [-0.15, -0.1) is 0 Å². The first-order valence-corrected chi connectivity index (χ1v) is 8.16. The molecule has 0 atom stereocenters. The predicted molar refractivity (Wildman–Crippen MR) is 97.7 cm³/mol. The second-order valence-corrected chi connectivity index (χ2v) is 5.94. The summed E-state index contributed by atoms with van der Waals surface area (Å²) >= 11 is 11.9. The van der Waals surface area contributed by atoms with Gasteiger partial charge in [0.15, 0.2) is 12.4 Å². The normalized spacial score (nSPS) is 9.92. The monoisotopic (exact) mass is 392 g/mol. The summed E-state index contributed by atoms with van der Waals surface area (Å²) in [5.74, 6) is -0.990. The molecule has 2 aromatic rings. The number of nitriles is 1. The van der Waals surface area contributed by atoms with Crippen molar-refractivity contribution in [2.45, 2.75) is 6.42 Å². The fourth-order valence-electron chi connectivity index (χ4n) is 2.08. The zero-order valence-corrected chi connectivity index (χ0v) is 15.2. The van der Waals surface area contributed by atoms with Crippen molar-refractivity contribution < 1.29 is 19.1 Å². The Morgan fingerprint density at radius 3 is 2.31 bits per heavy atom. The van der Waals surface area contributed by atoms with E-state index in [4.69, 9.17) is 37.9 Å². The number of ether oxygens (including phenoxy) is 2. The van der Waals surface area contributed by atoms with Crippen LogP contribution in [-0.2, 0) is 16.0 Å². The van der Waals surface area contributed by atoms with E-state index in [-0.39, 0.29) is 21.4 Å². The number of halogens is 2. The summed E-state index contributed by atoms with van der Waals surface area (Å²) in [6.07, 6.45) is 0.290. The molecule has 0 aromatic heterocycles. The number of hydrogen-bond acceptors (Lipinski definition) is 5. The lowest BCUT2D eigenvalue weighted by molar-refractivity contribution is -0.119. The number of nitrogens with zero attached hydrogens (tertiary/aromatic N) is 1. The number of anilines is 1. The van der Waals surface area contributed by atoms with Gasteiger partial charge in [-0.2, -0.15) is 5.26 Å². The van der Waals surface area contributed by atoms with E-state index in [9.17, 15) is 9.59 Å². The molecule has 0 unspecified atom stereocenters. The van der Waals surface area contributed by atoms with Crippen molar-refractivity contribution in [1.29, 1.82) is 5.26 Å². The van der Waals surface area contributed by atoms with Crippen LogP contribution in [0.5, 0.6) is 5.75 Å². The highest BCUT2D eigenvalue weighted by molar-refractivity contribution is 6.37. The molecule has 0 saturated carbocycles. The van der Waals surface area contributed by atoms with Gasteiger partial charge in [-0.3, -0.25) is 4.79 Å². The number of carbonyl (C=O) groups excluding carboxylic acids is 2. The quantitative estimate of drug-likeness (QED) is 0.753. The number of rotatable bonds is 6. The van der Waals surface area contributed by atoms with Crippen LogP contribution >= 0.6 is 23.2 Å². The standard InChI is InChI=1S/C18H14Cl2N2O4/c1-25-17-14(19)8-12(9-15(17)20)18(24)26-10-16(23)22-13-4-2-11(3-5-13)6-7-21/h2-5,8-9H,6,10H2,1H3,(H,22,23). The van der Waals surface area contributed by atoms with Crippen molar-refractivity contribution in [2.24, 2.45) is 0 Å². The van der Waals surface area contributed by atoms with Gasteiger partial charge in [-0.25, -0.2) is 4.79 Å². The fraction of sp³-hybridized carbons (Fsp3) is 0.167. The number of amides is 1. The molecule has 1 N–H and O–H groups in total. The van der Waals surface area contributed by atoms with Crippen LogP contribution in [0.25, 0.3) is 0 Å². The van der Waals surface area contributed by atoms with Crippen molar-refractivity contribution >= 4 is 40.8 Å². The molecule has 2 rings (SSSR count). The zero-order valence-electron chi connectivity index (χ0n) is 13.7. The molecule has 0 saturated heterocycles. The van der Waals surface area contributed by atoms with E-state index in [2.05, 4.69) is 5.32 Å². The van der Waals surface area contributed by atoms with E-state index in [0.29, 0.717) is 12.1 Å². The molecule has 26 heavy (non-hydrogen) atoms. The number of esters is 1. The SMILES string of the molecule is COc1c(Cl)cc(C(=O)OCC(=O)Nc2ccc(CC#N)cc2)cc1Cl. The summed E-state index contributed by atoms with van der Waals surface area (Å²) in [6.45, 7) is -0.472. The summed E-state index contributed by atoms with van der Waals surface area (Å²) in [5.41, 5.74) is 1.47. The number of benzene rings is 2. The van der Waals surface area contributed by atoms with Crippen molar-refractivity contribution in [3.63, 3.8) is 0 Å². The first-order chi connectivity index (χ1) is 12.4. The molecule has 0 aliphatic carbocycles. The summed E-state index contributed by atoms with van der Waals surface area (Å²) in [4.78, 5) is 23.9. The van der Waals surface area contributed by atoms with Crippen LogP contribution < -0.4 is 10.1 Å². The minimum Gasteiger partial charge on any atom is -0.494 e. The summed E-state index contributed by atoms with van der Waals surface area (Å²) in [5, 5.41) is 11.5. The van der Waals surface area contributed by atoms with Gasteiger partial charge >= 0.3 is 5.97 Å². The van der Waals surface area contributed by atoms with Gasteiger partial charge in [0.2, 0.25) is 0 Å². The number of carbonyl (C=O) groups is 2. The average molecular weight is 393 g/mol. The zero-order chi connectivity index (χ0) is 19.1. The van der Waals surface area contributed by atoms with Crippen LogP contribution in [0.15, 0.2) is 36.4 Å². The lowest BCUT2D eigenvalue weighted by Crippen LogP contribution is -2.21. The smallest absolute Gasteiger partial charge is 0.338 e. The highest BCUT2D eigenvalue weighted by Gasteiger charge is 2.16. The molecule has 134 valence electrons. The van der Waals surface area contributed by atoms with Gasteiger partial charge in [0.05, 0.1) is 35.2 Å². The molecule has 8 heteroatoms. The van der Waals surface area contributed by atoms with Gasteiger partial charge in [-0.1, -0.05) is 35.3 Å². The maximum Gasteiger partial charge on any atom is 0.338 e. The van der Waals surface area contributed by atoms with E-state index in [1.165, 1.54) is 19.2 Å². The highest BCUT2D eigenvalue weighted by atomic mass is 35.5. The van der Waals surface area contributed by atoms with E-state index in [0.717, 1.165) is 5.56 Å². The summed E-state index contributed by atoms with van der Waals surface area (Å²) in [6, 6.07) is 11.5. The van der Waals surface area contributed by atoms with Gasteiger partial charge in [0, 0.05) is 5.69 Å². The molecule has 0 bridgehead atoms. The molecular formula is C18H14Cl2N2O4. The van der Waals surface area contributed by atoms with Crippen molar-refractivity contribution in [2.75, 3.05) is 19.0 Å². The molecular weight excluding hydrogens is 379 g/mol. The topological polar surface area (TPSA) is 88.4 Å². The minimum atomic E-state index is -0.740. The Kier molecular flexibility index (Phi) is 6.84. The van der Waals surface area contributed by atoms with Gasteiger partial charge in [0.1, 0.15) is 0 Å². The molecule has 0 aliphatic heterocycles. The fourth-order valence-corrected chi connectivity index (χ4v) is 2.72. The number of nitrogens with one attached hydrogen (secondary N) is 1. The van der Waals surface area contributed by atoms with Crippen LogP contribution in [0.2, 0.25) is 10.0 Å². The number of hydrogen-bond donors (Lipinski definition) is 1. The molecule has 0 aliphatic rings. The Labute approximate surface area is 160 Å². The second kappa shape index (κ2) is 9.09. The lowest BCUT2D eigenvalue weighted by Gasteiger charge is -2.09. The Hall–Kier alpha value is -2.75. The number of methoxy groups -OCH3 is 1. The first kappa shape index (κ1) is 19.6. The Morgan fingerprint density at radius 1 is 1.15 bits per heavy atom. The highest BCUT2D eigenvalue weighted by Crippen LogP contribution is 2.33. The minimum absolute atomic E-state index is 0.106. The van der Waals surface area contributed by atoms with Crippen LogP contribution in [-0.4, -0.2) is 25.6 Å². The molecule has 0 radical (unpaired) electrons. The van der Waals surface area contributed by atoms with E-state index in [1.54, 1.807) is 24.3 Å². The maximum absolute atomic E-state index is 12.0. The predicted octanol–water partition coefficient (Wildman–Crippen LogP) is 3.86. The first-order valence-electron chi connectivity index (χ1n) is 7.40. The van der Waals surface area contributed by atoms with E-state index in [1.807, 2.05) is 6.07 Å². The van der Waals surface area contributed by atoms with Crippen LogP contribution in [0.3, 0.4) is 0 Å². The summed E-state index contributed by atoms with van der Waals surface area (Å²) in [7, 11) is 1.41. The molecule has 1 amide bonds. The van der Waals surface area contributed by atoms with Crippen molar-refractivity contribution in [1.82, 2.24) is 0 Å². The summed E-state index contributed by atoms with van der Waals surface area (Å²) < 4.78 is 9.96. The Bertz CT molecular complexity index is 837. The average Bonchev–Trinajstić information content (AvgIpc) is 2.61. The van der Waals surface area contributed by atoms with E-state index < -0.39 is 18.5 Å². The Morgan fingerprint density at radius 2 is 1.77 bits per heavy atom. The molecule has 6 nitrogen and oxygen atoms in total. The largest absolute Gasteiger partial charge is 0.494 e. The van der Waals surface area contributed by atoms with E-state index >= 15 is 0 Å². The molecule has 0 spiro atoms. The van der Waals surface area contributed by atoms with Gasteiger partial charge < -0.3 is 14.8 Å². The lowest BCUT2D eigenvalue weighted by atomic mass is 10.1. The maximum atomic E-state index is 12.0. The van der Waals surface area contributed by atoms with Crippen LogP contribution in [0.1, 0.15) is 15.9 Å². The van der Waals surface area contributed by atoms with Crippen molar-refractivity contribution in [3.8, 4) is 11.8 Å². The third kappa shape index (κ3) is 5.12. The van der Waals surface area contributed by atoms with Crippen LogP contribution in [0.4, 0.5) is 5.69 Å².